The highest BCUT2D eigenvalue weighted by molar-refractivity contribution is 5.84. The first-order chi connectivity index (χ1) is 10.3. The molecule has 6 heteroatoms. The Morgan fingerprint density at radius 2 is 2.05 bits per heavy atom. The second-order valence-corrected chi connectivity index (χ2v) is 4.15. The fraction of sp³-hybridized carbons (Fsp3) is 0.200. The maximum atomic E-state index is 11.7. The van der Waals surface area contributed by atoms with Crippen molar-refractivity contribution < 1.29 is 19.0 Å². The summed E-state index contributed by atoms with van der Waals surface area (Å²) in [6.45, 7) is 0.323. The number of hydrogen-bond donors (Lipinski definition) is 1. The predicted molar refractivity (Wildman–Crippen MR) is 77.0 cm³/mol. The molecule has 1 aromatic heterocycles. The molecule has 1 N–H and O–H groups in total. The number of amides is 1. The van der Waals surface area contributed by atoms with E-state index >= 15 is 0 Å². The molecule has 0 saturated carbocycles. The molecule has 0 fully saturated rings. The van der Waals surface area contributed by atoms with Crippen molar-refractivity contribution in [2.24, 2.45) is 0 Å². The zero-order valence-electron chi connectivity index (χ0n) is 11.6. The lowest BCUT2D eigenvalue weighted by molar-refractivity contribution is 0.0509. The van der Waals surface area contributed by atoms with Crippen LogP contribution < -0.4 is 10.1 Å². The fourth-order valence-corrected chi connectivity index (χ4v) is 1.57. The molecule has 0 bridgehead atoms. The Labute approximate surface area is 122 Å². The molecular weight excluding hydrogens is 272 g/mol. The Hall–Kier alpha value is -2.60. The van der Waals surface area contributed by atoms with Crippen LogP contribution in [0.15, 0.2) is 48.8 Å². The molecule has 2 rings (SSSR count). The third-order valence-electron chi connectivity index (χ3n) is 2.52. The van der Waals surface area contributed by atoms with E-state index < -0.39 is 6.09 Å². The van der Waals surface area contributed by atoms with Crippen LogP contribution in [0.1, 0.15) is 5.56 Å². The first-order valence-corrected chi connectivity index (χ1v) is 6.32. The maximum Gasteiger partial charge on any atom is 0.412 e. The molecular formula is C15H16N2O4. The lowest BCUT2D eigenvalue weighted by Gasteiger charge is -2.08. The number of nitrogens with one attached hydrogen (secondary N) is 1. The summed E-state index contributed by atoms with van der Waals surface area (Å²) < 4.78 is 15.1. The summed E-state index contributed by atoms with van der Waals surface area (Å²) in [5, 5.41) is 2.58. The largest absolute Gasteiger partial charge is 0.466 e. The van der Waals surface area contributed by atoms with Gasteiger partial charge in [0, 0.05) is 13.2 Å². The average Bonchev–Trinajstić information content (AvgIpc) is 2.52. The van der Waals surface area contributed by atoms with Crippen LogP contribution >= 0.6 is 0 Å². The maximum absolute atomic E-state index is 11.7. The Morgan fingerprint density at radius 1 is 1.24 bits per heavy atom. The molecule has 0 saturated heterocycles. The summed E-state index contributed by atoms with van der Waals surface area (Å²) in [5.74, 6) is 0.498. The van der Waals surface area contributed by atoms with Gasteiger partial charge in [0.25, 0.3) is 0 Å². The number of rotatable bonds is 6. The molecule has 1 heterocycles. The van der Waals surface area contributed by atoms with Gasteiger partial charge in [-0.05, 0) is 5.56 Å². The second kappa shape index (κ2) is 7.86. The van der Waals surface area contributed by atoms with E-state index in [-0.39, 0.29) is 13.4 Å². The lowest BCUT2D eigenvalue weighted by atomic mass is 10.2. The van der Waals surface area contributed by atoms with Gasteiger partial charge in [0.05, 0.1) is 18.1 Å². The number of nitrogens with zero attached hydrogens (tertiary/aromatic N) is 1. The average molecular weight is 288 g/mol. The molecule has 1 amide bonds. The zero-order chi connectivity index (χ0) is 14.9. The van der Waals surface area contributed by atoms with Gasteiger partial charge in [0.1, 0.15) is 12.4 Å². The molecule has 2 aromatic rings. The van der Waals surface area contributed by atoms with Gasteiger partial charge in [0.2, 0.25) is 0 Å². The van der Waals surface area contributed by atoms with Gasteiger partial charge in [0.15, 0.2) is 6.79 Å². The number of aromatic nitrogens is 1. The third kappa shape index (κ3) is 5.12. The van der Waals surface area contributed by atoms with Gasteiger partial charge in [-0.15, -0.1) is 0 Å². The van der Waals surface area contributed by atoms with E-state index in [1.54, 1.807) is 6.07 Å². The Balaban J connectivity index is 1.84. The SMILES string of the molecule is COCOc1cncc(NC(=O)OCc2ccccc2)c1. The van der Waals surface area contributed by atoms with Crippen LogP contribution in [0.25, 0.3) is 0 Å². The van der Waals surface area contributed by atoms with Crippen LogP contribution in [0.2, 0.25) is 0 Å². The molecule has 110 valence electrons. The third-order valence-corrected chi connectivity index (χ3v) is 2.52. The highest BCUT2D eigenvalue weighted by Crippen LogP contribution is 2.15. The number of benzene rings is 1. The summed E-state index contributed by atoms with van der Waals surface area (Å²) >= 11 is 0. The summed E-state index contributed by atoms with van der Waals surface area (Å²) in [5.41, 5.74) is 1.41. The van der Waals surface area contributed by atoms with E-state index in [1.807, 2.05) is 30.3 Å². The number of carbonyl (C=O) groups is 1. The van der Waals surface area contributed by atoms with Gasteiger partial charge >= 0.3 is 6.09 Å². The minimum atomic E-state index is -0.551. The number of pyridine rings is 1. The van der Waals surface area contributed by atoms with E-state index in [2.05, 4.69) is 10.3 Å². The standard InChI is InChI=1S/C15H16N2O4/c1-19-11-21-14-7-13(8-16-9-14)17-15(18)20-10-12-5-3-2-4-6-12/h2-9H,10-11H2,1H3,(H,17,18). The zero-order valence-corrected chi connectivity index (χ0v) is 11.6. The highest BCUT2D eigenvalue weighted by Gasteiger charge is 2.05. The van der Waals surface area contributed by atoms with Gasteiger partial charge < -0.3 is 14.2 Å². The van der Waals surface area contributed by atoms with Crippen molar-refractivity contribution >= 4 is 11.8 Å². The van der Waals surface area contributed by atoms with E-state index in [4.69, 9.17) is 14.2 Å². The van der Waals surface area contributed by atoms with Crippen molar-refractivity contribution in [3.8, 4) is 5.75 Å². The molecule has 6 nitrogen and oxygen atoms in total. The minimum Gasteiger partial charge on any atom is -0.466 e. The van der Waals surface area contributed by atoms with Crippen molar-refractivity contribution in [1.82, 2.24) is 4.98 Å². The second-order valence-electron chi connectivity index (χ2n) is 4.15. The van der Waals surface area contributed by atoms with E-state index in [0.717, 1.165) is 5.56 Å². The summed E-state index contributed by atoms with van der Waals surface area (Å²) in [6.07, 6.45) is 2.48. The minimum absolute atomic E-state index is 0.115. The number of carbonyl (C=O) groups excluding carboxylic acids is 1. The number of hydrogen-bond acceptors (Lipinski definition) is 5. The molecule has 0 unspecified atom stereocenters. The van der Waals surface area contributed by atoms with Crippen molar-refractivity contribution in [1.29, 1.82) is 0 Å². The summed E-state index contributed by atoms with van der Waals surface area (Å²) in [7, 11) is 1.52. The van der Waals surface area contributed by atoms with Gasteiger partial charge in [-0.2, -0.15) is 0 Å². The van der Waals surface area contributed by atoms with Crippen LogP contribution in [-0.4, -0.2) is 25.0 Å². The first kappa shape index (κ1) is 14.8. The van der Waals surface area contributed by atoms with Gasteiger partial charge in [-0.25, -0.2) is 4.79 Å². The quantitative estimate of drug-likeness (QED) is 0.828. The number of anilines is 1. The van der Waals surface area contributed by atoms with E-state index in [9.17, 15) is 4.79 Å². The molecule has 0 aliphatic carbocycles. The van der Waals surface area contributed by atoms with Gasteiger partial charge in [-0.3, -0.25) is 10.3 Å². The molecule has 21 heavy (non-hydrogen) atoms. The lowest BCUT2D eigenvalue weighted by Crippen LogP contribution is -2.13. The topological polar surface area (TPSA) is 69.7 Å². The van der Waals surface area contributed by atoms with Crippen LogP contribution in [0.4, 0.5) is 10.5 Å². The summed E-state index contributed by atoms with van der Waals surface area (Å²) in [6, 6.07) is 11.1. The van der Waals surface area contributed by atoms with Gasteiger partial charge in [-0.1, -0.05) is 30.3 Å². The van der Waals surface area contributed by atoms with Crippen molar-refractivity contribution in [3.63, 3.8) is 0 Å². The van der Waals surface area contributed by atoms with Crippen molar-refractivity contribution in [2.75, 3.05) is 19.2 Å². The van der Waals surface area contributed by atoms with Crippen LogP contribution in [0.5, 0.6) is 5.75 Å². The monoisotopic (exact) mass is 288 g/mol. The van der Waals surface area contributed by atoms with Crippen LogP contribution in [0.3, 0.4) is 0 Å². The van der Waals surface area contributed by atoms with E-state index in [0.29, 0.717) is 11.4 Å². The summed E-state index contributed by atoms with van der Waals surface area (Å²) in [4.78, 5) is 15.6. The van der Waals surface area contributed by atoms with Crippen LogP contribution in [0, 0.1) is 0 Å². The first-order valence-electron chi connectivity index (χ1n) is 6.32. The van der Waals surface area contributed by atoms with Crippen LogP contribution in [-0.2, 0) is 16.1 Å². The Bertz CT molecular complexity index is 575. The number of ether oxygens (including phenoxy) is 3. The highest BCUT2D eigenvalue weighted by atomic mass is 16.7. The molecule has 0 atom stereocenters. The normalized spacial score (nSPS) is 9.95. The fourth-order valence-electron chi connectivity index (χ4n) is 1.57. The number of methoxy groups -OCH3 is 1. The molecule has 0 aliphatic heterocycles. The molecule has 0 radical (unpaired) electrons. The smallest absolute Gasteiger partial charge is 0.412 e. The van der Waals surface area contributed by atoms with Crippen molar-refractivity contribution in [3.05, 3.63) is 54.4 Å². The Morgan fingerprint density at radius 3 is 2.81 bits per heavy atom. The predicted octanol–water partition coefficient (Wildman–Crippen LogP) is 2.81. The van der Waals surface area contributed by atoms with E-state index in [1.165, 1.54) is 19.5 Å². The molecule has 0 spiro atoms. The Kier molecular flexibility index (Phi) is 5.54. The van der Waals surface area contributed by atoms with Crippen molar-refractivity contribution in [2.45, 2.75) is 6.61 Å². The molecule has 0 aliphatic rings. The molecule has 1 aromatic carbocycles.